The maximum absolute atomic E-state index is 3.12. The fraction of sp³-hybridized carbons (Fsp3) is 0.455. The summed E-state index contributed by atoms with van der Waals surface area (Å²) < 4.78 is 1.28. The maximum atomic E-state index is 3.12. The number of aryl methyl sites for hydroxylation is 1. The van der Waals surface area contributed by atoms with Crippen molar-refractivity contribution in [3.63, 3.8) is 0 Å². The van der Waals surface area contributed by atoms with Crippen molar-refractivity contribution in [3.8, 4) is 0 Å². The van der Waals surface area contributed by atoms with Gasteiger partial charge in [0.05, 0.1) is 0 Å². The third-order valence-corrected chi connectivity index (χ3v) is 2.70. The molecular weight excluding hydrogens is 211 g/mol. The molecule has 12 heavy (non-hydrogen) atoms. The molecule has 65 valence electrons. The zero-order valence-corrected chi connectivity index (χ0v) is 9.85. The van der Waals surface area contributed by atoms with Crippen LogP contribution in [-0.4, -0.2) is 16.0 Å². The van der Waals surface area contributed by atoms with Gasteiger partial charge in [0, 0.05) is 0 Å². The van der Waals surface area contributed by atoms with Crippen molar-refractivity contribution in [1.29, 1.82) is 0 Å². The monoisotopic (exact) mass is 227 g/mol. The average molecular weight is 226 g/mol. The third-order valence-electron chi connectivity index (χ3n) is 1.98. The van der Waals surface area contributed by atoms with E-state index in [0.717, 1.165) is 0 Å². The summed E-state index contributed by atoms with van der Waals surface area (Å²) in [6.45, 7) is 8.91. The SMILES string of the molecule is Cc1cccc([Se])c1C(C)(C)C. The first-order valence-corrected chi connectivity index (χ1v) is 5.05. The molecule has 0 fully saturated rings. The van der Waals surface area contributed by atoms with Crippen LogP contribution in [-0.2, 0) is 5.41 Å². The first-order valence-electron chi connectivity index (χ1n) is 4.20. The van der Waals surface area contributed by atoms with Crippen molar-refractivity contribution in [2.45, 2.75) is 33.1 Å². The van der Waals surface area contributed by atoms with Gasteiger partial charge in [0.2, 0.25) is 0 Å². The molecule has 1 heteroatoms. The van der Waals surface area contributed by atoms with Crippen LogP contribution in [0.1, 0.15) is 31.9 Å². The number of hydrogen-bond acceptors (Lipinski definition) is 0. The van der Waals surface area contributed by atoms with Gasteiger partial charge in [-0.2, -0.15) is 0 Å². The Hall–Kier alpha value is -0.261. The molecule has 0 nitrogen and oxygen atoms in total. The molecular formula is C11H15Se. The Balaban J connectivity index is 3.31. The summed E-state index contributed by atoms with van der Waals surface area (Å²) in [5, 5.41) is 0. The Morgan fingerprint density at radius 2 is 1.75 bits per heavy atom. The molecule has 1 aromatic rings. The third kappa shape index (κ3) is 1.91. The molecule has 0 spiro atoms. The number of benzene rings is 1. The first-order chi connectivity index (χ1) is 5.43. The molecule has 0 aromatic heterocycles. The van der Waals surface area contributed by atoms with E-state index >= 15 is 0 Å². The Morgan fingerprint density at radius 3 is 2.08 bits per heavy atom. The van der Waals surface area contributed by atoms with Crippen LogP contribution in [0.3, 0.4) is 0 Å². The molecule has 0 aliphatic rings. The van der Waals surface area contributed by atoms with Crippen molar-refractivity contribution in [3.05, 3.63) is 29.3 Å². The van der Waals surface area contributed by atoms with E-state index in [4.69, 9.17) is 0 Å². The van der Waals surface area contributed by atoms with Gasteiger partial charge in [-0.15, -0.1) is 0 Å². The van der Waals surface area contributed by atoms with Gasteiger partial charge in [-0.25, -0.2) is 0 Å². The molecule has 0 amide bonds. The summed E-state index contributed by atoms with van der Waals surface area (Å²) in [4.78, 5) is 0. The standard InChI is InChI=1S/C11H15Se/c1-8-6-5-7-9(12)10(8)11(2,3)4/h5-7H,1-4H3. The molecule has 0 N–H and O–H groups in total. The van der Waals surface area contributed by atoms with Gasteiger partial charge in [-0.05, 0) is 0 Å². The minimum atomic E-state index is 0.242. The fourth-order valence-electron chi connectivity index (χ4n) is 1.60. The molecule has 0 saturated heterocycles. The van der Waals surface area contributed by atoms with Crippen LogP contribution < -0.4 is 4.46 Å². The van der Waals surface area contributed by atoms with E-state index < -0.39 is 0 Å². The van der Waals surface area contributed by atoms with E-state index in [1.54, 1.807) is 0 Å². The molecule has 1 radical (unpaired) electrons. The van der Waals surface area contributed by atoms with Gasteiger partial charge < -0.3 is 0 Å². The van der Waals surface area contributed by atoms with Crippen molar-refractivity contribution in [1.82, 2.24) is 0 Å². The quantitative estimate of drug-likeness (QED) is 0.594. The second-order valence-corrected chi connectivity index (χ2v) is 5.12. The van der Waals surface area contributed by atoms with E-state index in [-0.39, 0.29) is 5.41 Å². The molecule has 0 heterocycles. The van der Waals surface area contributed by atoms with Crippen LogP contribution in [0.2, 0.25) is 0 Å². The Bertz CT molecular complexity index is 261. The predicted octanol–water partition coefficient (Wildman–Crippen LogP) is 2.09. The molecule has 0 bridgehead atoms. The van der Waals surface area contributed by atoms with Crippen LogP contribution in [0, 0.1) is 6.92 Å². The molecule has 1 rings (SSSR count). The molecule has 0 saturated carbocycles. The van der Waals surface area contributed by atoms with Crippen LogP contribution in [0.5, 0.6) is 0 Å². The van der Waals surface area contributed by atoms with Crippen LogP contribution in [0.25, 0.3) is 0 Å². The first kappa shape index (κ1) is 9.82. The second-order valence-electron chi connectivity index (χ2n) is 4.20. The van der Waals surface area contributed by atoms with Gasteiger partial charge in [-0.3, -0.25) is 0 Å². The number of rotatable bonds is 0. The molecule has 0 unspecified atom stereocenters. The summed E-state index contributed by atoms with van der Waals surface area (Å²) in [5.41, 5.74) is 3.05. The normalized spacial score (nSPS) is 11.7. The van der Waals surface area contributed by atoms with Gasteiger partial charge in [-0.1, -0.05) is 0 Å². The topological polar surface area (TPSA) is 0 Å². The van der Waals surface area contributed by atoms with Crippen molar-refractivity contribution >= 4 is 20.5 Å². The number of hydrogen-bond donors (Lipinski definition) is 0. The Kier molecular flexibility index (Phi) is 2.65. The second kappa shape index (κ2) is 3.24. The average Bonchev–Trinajstić information content (AvgIpc) is 1.82. The van der Waals surface area contributed by atoms with Crippen LogP contribution in [0.15, 0.2) is 18.2 Å². The summed E-state index contributed by atoms with van der Waals surface area (Å²) in [7, 11) is 0. The predicted molar refractivity (Wildman–Crippen MR) is 55.3 cm³/mol. The van der Waals surface area contributed by atoms with E-state index in [1.165, 1.54) is 15.6 Å². The van der Waals surface area contributed by atoms with Gasteiger partial charge in [0.15, 0.2) is 0 Å². The van der Waals surface area contributed by atoms with Gasteiger partial charge in [0.1, 0.15) is 0 Å². The zero-order valence-electron chi connectivity index (χ0n) is 8.14. The minimum absolute atomic E-state index is 0.242. The van der Waals surface area contributed by atoms with Gasteiger partial charge in [0.25, 0.3) is 0 Å². The van der Waals surface area contributed by atoms with Crippen molar-refractivity contribution in [2.24, 2.45) is 0 Å². The molecule has 1 aromatic carbocycles. The fourth-order valence-corrected chi connectivity index (χ4v) is 2.75. The van der Waals surface area contributed by atoms with Crippen LogP contribution in [0.4, 0.5) is 0 Å². The molecule has 0 atom stereocenters. The Labute approximate surface area is 83.2 Å². The van der Waals surface area contributed by atoms with E-state index in [9.17, 15) is 0 Å². The van der Waals surface area contributed by atoms with Gasteiger partial charge >= 0.3 is 82.9 Å². The molecule has 0 aliphatic heterocycles. The van der Waals surface area contributed by atoms with Crippen molar-refractivity contribution < 1.29 is 0 Å². The summed E-state index contributed by atoms with van der Waals surface area (Å²) in [5.74, 6) is 0. The summed E-state index contributed by atoms with van der Waals surface area (Å²) in [6.07, 6.45) is 0. The van der Waals surface area contributed by atoms with E-state index in [1.807, 2.05) is 0 Å². The zero-order chi connectivity index (χ0) is 9.35. The Morgan fingerprint density at radius 1 is 1.17 bits per heavy atom. The van der Waals surface area contributed by atoms with E-state index in [2.05, 4.69) is 61.9 Å². The van der Waals surface area contributed by atoms with E-state index in [0.29, 0.717) is 0 Å². The summed E-state index contributed by atoms with van der Waals surface area (Å²) >= 11 is 3.12. The van der Waals surface area contributed by atoms with Crippen molar-refractivity contribution in [2.75, 3.05) is 0 Å². The summed E-state index contributed by atoms with van der Waals surface area (Å²) in [6, 6.07) is 6.39. The molecule has 0 aliphatic carbocycles. The van der Waals surface area contributed by atoms with Crippen LogP contribution >= 0.6 is 0 Å².